The molecule has 1 rings (SSSR count). The number of nitrogens with zero attached hydrogens (tertiary/aromatic N) is 2. The second-order valence-electron chi connectivity index (χ2n) is 2.51. The minimum absolute atomic E-state index is 0.251. The van der Waals surface area contributed by atoms with Gasteiger partial charge in [-0.05, 0) is 28.1 Å². The van der Waals surface area contributed by atoms with Crippen LogP contribution < -0.4 is 5.32 Å². The van der Waals surface area contributed by atoms with Crippen LogP contribution in [0.2, 0.25) is 0 Å². The van der Waals surface area contributed by atoms with Gasteiger partial charge in [-0.3, -0.25) is 0 Å². The van der Waals surface area contributed by atoms with E-state index in [0.717, 1.165) is 0 Å². The number of rotatable bonds is 3. The van der Waals surface area contributed by atoms with Crippen molar-refractivity contribution in [3.8, 4) is 6.07 Å². The summed E-state index contributed by atoms with van der Waals surface area (Å²) in [6, 6.07) is 4.80. The topological polar surface area (TPSA) is 48.7 Å². The average molecular weight is 262 g/mol. The van der Waals surface area contributed by atoms with Crippen molar-refractivity contribution in [1.82, 2.24) is 4.98 Å². The first kappa shape index (κ1) is 10.9. The van der Waals surface area contributed by atoms with Crippen LogP contribution in [0.4, 0.5) is 14.5 Å². The summed E-state index contributed by atoms with van der Waals surface area (Å²) >= 11 is 2.20. The zero-order valence-electron chi connectivity index (χ0n) is 6.97. The molecule has 0 aromatic carbocycles. The molecular weight excluding hydrogens is 256 g/mol. The number of anilines is 1. The van der Waals surface area contributed by atoms with E-state index in [1.807, 2.05) is 6.07 Å². The maximum absolute atomic E-state index is 12.3. The molecule has 0 aliphatic carbocycles. The maximum atomic E-state index is 12.3. The number of alkyl halides is 3. The number of hydrogen-bond donors (Lipinski definition) is 1. The van der Waals surface area contributed by atoms with E-state index in [4.69, 9.17) is 5.26 Å². The molecule has 0 saturated heterocycles. The van der Waals surface area contributed by atoms with Gasteiger partial charge in [0, 0.05) is 0 Å². The largest absolute Gasteiger partial charge is 0.377 e. The van der Waals surface area contributed by atoms with E-state index in [0.29, 0.717) is 5.69 Å². The van der Waals surface area contributed by atoms with Crippen molar-refractivity contribution < 1.29 is 8.78 Å². The lowest BCUT2D eigenvalue weighted by Gasteiger charge is -2.10. The van der Waals surface area contributed by atoms with Crippen LogP contribution in [0.5, 0.6) is 0 Å². The van der Waals surface area contributed by atoms with Gasteiger partial charge in [-0.15, -0.1) is 0 Å². The van der Waals surface area contributed by atoms with Gasteiger partial charge in [0.2, 0.25) is 0 Å². The van der Waals surface area contributed by atoms with Crippen LogP contribution in [0, 0.1) is 11.3 Å². The fraction of sp³-hybridized carbons (Fsp3) is 0.250. The van der Waals surface area contributed by atoms with Gasteiger partial charge in [0.15, 0.2) is 0 Å². The Balaban J connectivity index is 2.58. The van der Waals surface area contributed by atoms with Crippen LogP contribution in [0.25, 0.3) is 0 Å². The molecule has 6 heteroatoms. The fourth-order valence-corrected chi connectivity index (χ4v) is 0.907. The molecule has 74 valence electrons. The summed E-state index contributed by atoms with van der Waals surface area (Å²) in [5.74, 6) is 0. The molecule has 0 aliphatic rings. The number of halogens is 3. The monoisotopic (exact) mass is 261 g/mol. The zero-order valence-corrected chi connectivity index (χ0v) is 8.55. The Morgan fingerprint density at radius 2 is 2.29 bits per heavy atom. The lowest BCUT2D eigenvalue weighted by Crippen LogP contribution is -2.19. The van der Waals surface area contributed by atoms with Crippen LogP contribution in [0.15, 0.2) is 18.3 Å². The molecular formula is C8H6BrF2N3. The summed E-state index contributed by atoms with van der Waals surface area (Å²) in [6.45, 7) is -0.527. The van der Waals surface area contributed by atoms with E-state index in [9.17, 15) is 8.78 Å². The van der Waals surface area contributed by atoms with Gasteiger partial charge in [-0.1, -0.05) is 0 Å². The number of nitrogens with one attached hydrogen (secondary N) is 1. The number of pyridine rings is 1. The molecule has 1 aromatic heterocycles. The predicted molar refractivity (Wildman–Crippen MR) is 51.3 cm³/mol. The molecule has 0 atom stereocenters. The molecule has 0 unspecified atom stereocenters. The van der Waals surface area contributed by atoms with Crippen LogP contribution in [-0.4, -0.2) is 16.4 Å². The third-order valence-corrected chi connectivity index (χ3v) is 1.65. The van der Waals surface area contributed by atoms with Crippen molar-refractivity contribution >= 4 is 21.6 Å². The summed E-state index contributed by atoms with van der Waals surface area (Å²) in [6.07, 6.45) is 1.33. The van der Waals surface area contributed by atoms with Crippen molar-refractivity contribution in [2.75, 3.05) is 11.9 Å². The Hall–Kier alpha value is -1.22. The van der Waals surface area contributed by atoms with Crippen molar-refractivity contribution in [1.29, 1.82) is 5.26 Å². The smallest absolute Gasteiger partial charge is 0.318 e. The van der Waals surface area contributed by atoms with Crippen molar-refractivity contribution in [3.05, 3.63) is 24.0 Å². The lowest BCUT2D eigenvalue weighted by molar-refractivity contribution is 0.130. The molecule has 0 radical (unpaired) electrons. The summed E-state index contributed by atoms with van der Waals surface area (Å²) in [4.78, 5) is 0.770. The van der Waals surface area contributed by atoms with Crippen molar-refractivity contribution in [3.63, 3.8) is 0 Å². The molecule has 14 heavy (non-hydrogen) atoms. The number of hydrogen-bond acceptors (Lipinski definition) is 3. The van der Waals surface area contributed by atoms with Crippen LogP contribution in [0.3, 0.4) is 0 Å². The quantitative estimate of drug-likeness (QED) is 0.850. The Kier molecular flexibility index (Phi) is 3.36. The highest BCUT2D eigenvalue weighted by Crippen LogP contribution is 2.21. The first-order chi connectivity index (χ1) is 6.51. The summed E-state index contributed by atoms with van der Waals surface area (Å²) < 4.78 is 24.7. The Morgan fingerprint density at radius 1 is 1.57 bits per heavy atom. The van der Waals surface area contributed by atoms with Gasteiger partial charge in [0.05, 0.1) is 18.4 Å². The molecule has 3 nitrogen and oxygen atoms in total. The first-order valence-corrected chi connectivity index (χ1v) is 4.47. The van der Waals surface area contributed by atoms with E-state index in [2.05, 4.69) is 26.2 Å². The molecule has 0 amide bonds. The highest BCUT2D eigenvalue weighted by molar-refractivity contribution is 9.10. The van der Waals surface area contributed by atoms with Crippen LogP contribution in [-0.2, 0) is 0 Å². The first-order valence-electron chi connectivity index (χ1n) is 3.68. The molecule has 0 aliphatic heterocycles. The third kappa shape index (κ3) is 3.66. The molecule has 0 spiro atoms. The second-order valence-corrected chi connectivity index (χ2v) is 3.67. The summed E-state index contributed by atoms with van der Waals surface area (Å²) in [5, 5.41) is 10.9. The SMILES string of the molecule is N#Cc1ccc(NCC(F)(F)Br)cn1. The third-order valence-electron chi connectivity index (χ3n) is 1.37. The van der Waals surface area contributed by atoms with Gasteiger partial charge in [0.1, 0.15) is 11.8 Å². The second kappa shape index (κ2) is 4.33. The van der Waals surface area contributed by atoms with E-state index >= 15 is 0 Å². The van der Waals surface area contributed by atoms with Gasteiger partial charge in [0.25, 0.3) is 0 Å². The zero-order chi connectivity index (χ0) is 10.6. The lowest BCUT2D eigenvalue weighted by atomic mass is 10.3. The highest BCUT2D eigenvalue weighted by Gasteiger charge is 2.22. The van der Waals surface area contributed by atoms with Crippen LogP contribution in [0.1, 0.15) is 5.69 Å². The summed E-state index contributed by atoms with van der Waals surface area (Å²) in [7, 11) is 0. The Bertz CT molecular complexity index is 339. The summed E-state index contributed by atoms with van der Waals surface area (Å²) in [5.41, 5.74) is 0.698. The predicted octanol–water partition coefficient (Wildman–Crippen LogP) is 2.35. The number of aromatic nitrogens is 1. The van der Waals surface area contributed by atoms with Gasteiger partial charge in [-0.2, -0.15) is 14.0 Å². The molecule has 0 bridgehead atoms. The van der Waals surface area contributed by atoms with Crippen LogP contribution >= 0.6 is 15.9 Å². The molecule has 0 fully saturated rings. The van der Waals surface area contributed by atoms with Crippen molar-refractivity contribution in [2.45, 2.75) is 4.83 Å². The Labute approximate surface area is 87.9 Å². The maximum Gasteiger partial charge on any atom is 0.318 e. The minimum atomic E-state index is -2.94. The Morgan fingerprint density at radius 3 is 2.71 bits per heavy atom. The van der Waals surface area contributed by atoms with E-state index < -0.39 is 11.4 Å². The standard InChI is InChI=1S/C8H6BrF2N3/c9-8(10,11)5-14-7-2-1-6(3-12)13-4-7/h1-2,4,14H,5H2. The van der Waals surface area contributed by atoms with E-state index in [1.165, 1.54) is 18.3 Å². The van der Waals surface area contributed by atoms with E-state index in [-0.39, 0.29) is 5.69 Å². The van der Waals surface area contributed by atoms with Gasteiger partial charge >= 0.3 is 4.83 Å². The molecule has 1 heterocycles. The highest BCUT2D eigenvalue weighted by atomic mass is 79.9. The van der Waals surface area contributed by atoms with E-state index in [1.54, 1.807) is 0 Å². The van der Waals surface area contributed by atoms with Gasteiger partial charge in [-0.25, -0.2) is 4.98 Å². The molecule has 1 N–H and O–H groups in total. The molecule has 1 aromatic rings. The van der Waals surface area contributed by atoms with Crippen molar-refractivity contribution in [2.24, 2.45) is 0 Å². The van der Waals surface area contributed by atoms with Gasteiger partial charge < -0.3 is 5.32 Å². The average Bonchev–Trinajstić information content (AvgIpc) is 2.14. The normalized spacial score (nSPS) is 10.7. The fourth-order valence-electron chi connectivity index (χ4n) is 0.767. The number of nitriles is 1. The molecule has 0 saturated carbocycles. The minimum Gasteiger partial charge on any atom is -0.377 e.